The lowest BCUT2D eigenvalue weighted by Gasteiger charge is -1.95. The molecule has 0 atom stereocenters. The fourth-order valence-corrected chi connectivity index (χ4v) is 2.12. The van der Waals surface area contributed by atoms with E-state index in [9.17, 15) is 4.39 Å². The predicted molar refractivity (Wildman–Crippen MR) is 68.9 cm³/mol. The molecule has 90 valence electrons. The van der Waals surface area contributed by atoms with Crippen LogP contribution in [-0.2, 0) is 0 Å². The molecule has 1 heterocycles. The van der Waals surface area contributed by atoms with E-state index >= 15 is 0 Å². The Hall–Kier alpha value is -2.16. The van der Waals surface area contributed by atoms with Gasteiger partial charge >= 0.3 is 0 Å². The van der Waals surface area contributed by atoms with Gasteiger partial charge in [-0.25, -0.2) is 9.37 Å². The Labute approximate surface area is 104 Å². The van der Waals surface area contributed by atoms with Crippen LogP contribution in [0.25, 0.3) is 22.6 Å². The average molecular weight is 241 g/mol. The molecule has 0 unspecified atom stereocenters. The zero-order chi connectivity index (χ0) is 12.7. The highest BCUT2D eigenvalue weighted by molar-refractivity contribution is 5.80. The molecule has 0 amide bonds. The minimum Gasteiger partial charge on any atom is -0.436 e. The van der Waals surface area contributed by atoms with Gasteiger partial charge in [0.25, 0.3) is 0 Å². The van der Waals surface area contributed by atoms with Crippen molar-refractivity contribution >= 4 is 11.1 Å². The minimum atomic E-state index is -0.289. The summed E-state index contributed by atoms with van der Waals surface area (Å²) in [6.07, 6.45) is 0. The number of hydrogen-bond donors (Lipinski definition) is 0. The Morgan fingerprint density at radius 2 is 1.94 bits per heavy atom. The number of nitrogens with zero attached hydrogens (tertiary/aromatic N) is 1. The van der Waals surface area contributed by atoms with Gasteiger partial charge in [0.15, 0.2) is 5.58 Å². The molecule has 0 spiro atoms. The van der Waals surface area contributed by atoms with Crippen LogP contribution in [0, 0.1) is 19.7 Å². The van der Waals surface area contributed by atoms with Crippen LogP contribution in [0.1, 0.15) is 11.1 Å². The lowest BCUT2D eigenvalue weighted by Crippen LogP contribution is -1.79. The molecule has 0 radical (unpaired) electrons. The van der Waals surface area contributed by atoms with Gasteiger partial charge in [-0.1, -0.05) is 12.1 Å². The maximum Gasteiger partial charge on any atom is 0.227 e. The average Bonchev–Trinajstić information content (AvgIpc) is 2.73. The van der Waals surface area contributed by atoms with Gasteiger partial charge in [-0.3, -0.25) is 0 Å². The van der Waals surface area contributed by atoms with Crippen LogP contribution in [0.4, 0.5) is 4.39 Å². The van der Waals surface area contributed by atoms with Crippen molar-refractivity contribution in [2.75, 3.05) is 0 Å². The molecule has 18 heavy (non-hydrogen) atoms. The van der Waals surface area contributed by atoms with Gasteiger partial charge in [0.1, 0.15) is 11.3 Å². The van der Waals surface area contributed by atoms with Crippen LogP contribution in [-0.4, -0.2) is 4.98 Å². The van der Waals surface area contributed by atoms with Crippen molar-refractivity contribution < 1.29 is 8.81 Å². The third kappa shape index (κ3) is 1.78. The van der Waals surface area contributed by atoms with Crippen LogP contribution in [0.3, 0.4) is 0 Å². The molecule has 0 fully saturated rings. The number of halogens is 1. The third-order valence-corrected chi connectivity index (χ3v) is 2.89. The highest BCUT2D eigenvalue weighted by Gasteiger charge is 2.10. The number of aryl methyl sites for hydroxylation is 2. The zero-order valence-electron chi connectivity index (χ0n) is 10.2. The van der Waals surface area contributed by atoms with Crippen molar-refractivity contribution in [2.24, 2.45) is 0 Å². The van der Waals surface area contributed by atoms with Gasteiger partial charge in [-0.15, -0.1) is 0 Å². The Morgan fingerprint density at radius 1 is 1.11 bits per heavy atom. The number of oxazole rings is 1. The predicted octanol–water partition coefficient (Wildman–Crippen LogP) is 4.25. The topological polar surface area (TPSA) is 26.0 Å². The minimum absolute atomic E-state index is 0.289. The Kier molecular flexibility index (Phi) is 2.40. The summed E-state index contributed by atoms with van der Waals surface area (Å²) in [5.41, 5.74) is 4.41. The molecule has 0 aliphatic rings. The molecule has 0 saturated heterocycles. The smallest absolute Gasteiger partial charge is 0.227 e. The van der Waals surface area contributed by atoms with Crippen molar-refractivity contribution in [3.8, 4) is 11.5 Å². The van der Waals surface area contributed by atoms with E-state index in [-0.39, 0.29) is 5.82 Å². The first kappa shape index (κ1) is 11.0. The summed E-state index contributed by atoms with van der Waals surface area (Å²) < 4.78 is 18.9. The summed E-state index contributed by atoms with van der Waals surface area (Å²) in [5.74, 6) is 0.167. The maximum absolute atomic E-state index is 13.2. The van der Waals surface area contributed by atoms with E-state index in [4.69, 9.17) is 4.42 Å². The van der Waals surface area contributed by atoms with E-state index in [1.807, 2.05) is 26.0 Å². The first-order chi connectivity index (χ1) is 8.63. The fraction of sp³-hybridized carbons (Fsp3) is 0.133. The van der Waals surface area contributed by atoms with Crippen LogP contribution in [0.2, 0.25) is 0 Å². The summed E-state index contributed by atoms with van der Waals surface area (Å²) in [6.45, 7) is 4.00. The molecular weight excluding hydrogens is 229 g/mol. The Balaban J connectivity index is 2.22. The van der Waals surface area contributed by atoms with Crippen molar-refractivity contribution in [3.63, 3.8) is 0 Å². The van der Waals surface area contributed by atoms with Crippen molar-refractivity contribution in [3.05, 3.63) is 53.3 Å². The summed E-state index contributed by atoms with van der Waals surface area (Å²) in [6, 6.07) is 10.3. The molecule has 3 aromatic rings. The molecule has 1 aromatic heterocycles. The first-order valence-corrected chi connectivity index (χ1v) is 5.77. The lowest BCUT2D eigenvalue weighted by molar-refractivity contribution is 0.609. The number of aromatic nitrogens is 1. The zero-order valence-corrected chi connectivity index (χ0v) is 10.2. The quantitative estimate of drug-likeness (QED) is 0.636. The molecule has 2 nitrogen and oxygen atoms in total. The van der Waals surface area contributed by atoms with Crippen LogP contribution >= 0.6 is 0 Å². The highest BCUT2D eigenvalue weighted by atomic mass is 19.1. The maximum atomic E-state index is 13.2. The molecule has 0 N–H and O–H groups in total. The van der Waals surface area contributed by atoms with E-state index in [1.54, 1.807) is 12.1 Å². The fourth-order valence-electron chi connectivity index (χ4n) is 2.12. The molecule has 0 bridgehead atoms. The second-order valence-corrected chi connectivity index (χ2v) is 4.46. The Morgan fingerprint density at radius 3 is 2.72 bits per heavy atom. The van der Waals surface area contributed by atoms with E-state index in [0.29, 0.717) is 11.5 Å². The number of benzene rings is 2. The number of fused-ring (bicyclic) bond motifs is 1. The molecule has 3 heteroatoms. The van der Waals surface area contributed by atoms with Crippen LogP contribution in [0.5, 0.6) is 0 Å². The van der Waals surface area contributed by atoms with E-state index < -0.39 is 0 Å². The summed E-state index contributed by atoms with van der Waals surface area (Å²) in [4.78, 5) is 4.41. The van der Waals surface area contributed by atoms with Crippen molar-refractivity contribution in [1.29, 1.82) is 0 Å². The molecule has 2 aromatic carbocycles. The number of hydrogen-bond acceptors (Lipinski definition) is 2. The van der Waals surface area contributed by atoms with Gasteiger partial charge in [0.2, 0.25) is 5.89 Å². The van der Waals surface area contributed by atoms with Crippen LogP contribution in [0.15, 0.2) is 40.8 Å². The Bertz CT molecular complexity index is 730. The van der Waals surface area contributed by atoms with Gasteiger partial charge < -0.3 is 4.42 Å². The van der Waals surface area contributed by atoms with E-state index in [2.05, 4.69) is 4.98 Å². The summed E-state index contributed by atoms with van der Waals surface area (Å²) in [5, 5.41) is 0. The number of rotatable bonds is 1. The third-order valence-electron chi connectivity index (χ3n) is 2.89. The summed E-state index contributed by atoms with van der Waals surface area (Å²) in [7, 11) is 0. The molecule has 0 aliphatic carbocycles. The van der Waals surface area contributed by atoms with Crippen LogP contribution < -0.4 is 0 Å². The molecule has 3 rings (SSSR count). The molecule has 0 aliphatic heterocycles. The monoisotopic (exact) mass is 241 g/mol. The second-order valence-electron chi connectivity index (χ2n) is 4.46. The standard InChI is InChI=1S/C15H12FNO/c1-9-6-10(2)14-13(7-9)17-15(18-14)11-4-3-5-12(16)8-11/h3-8H,1-2H3. The summed E-state index contributed by atoms with van der Waals surface area (Å²) >= 11 is 0. The van der Waals surface area contributed by atoms with Gasteiger partial charge in [0.05, 0.1) is 0 Å². The van der Waals surface area contributed by atoms with Gasteiger partial charge in [-0.2, -0.15) is 0 Å². The van der Waals surface area contributed by atoms with Gasteiger partial charge in [0, 0.05) is 5.56 Å². The van der Waals surface area contributed by atoms with E-state index in [0.717, 1.165) is 22.2 Å². The van der Waals surface area contributed by atoms with Crippen molar-refractivity contribution in [1.82, 2.24) is 4.98 Å². The molecular formula is C15H12FNO. The SMILES string of the molecule is Cc1cc(C)c2oc(-c3cccc(F)c3)nc2c1. The van der Waals surface area contributed by atoms with Gasteiger partial charge in [-0.05, 0) is 49.2 Å². The largest absolute Gasteiger partial charge is 0.436 e. The highest BCUT2D eigenvalue weighted by Crippen LogP contribution is 2.27. The first-order valence-electron chi connectivity index (χ1n) is 5.77. The normalized spacial score (nSPS) is 11.1. The van der Waals surface area contributed by atoms with E-state index in [1.165, 1.54) is 12.1 Å². The lowest BCUT2D eigenvalue weighted by atomic mass is 10.1. The van der Waals surface area contributed by atoms with Crippen molar-refractivity contribution in [2.45, 2.75) is 13.8 Å². The molecule has 0 saturated carbocycles. The second kappa shape index (κ2) is 3.95.